The standard InChI is InChI=1S/C11H13BrO2S2/c1-15-5-2-6-16-8-3-4-10(12)9(7-8)11(13)14/h3-4,7H,2,5-6H2,1H3,(H,13,14). The number of benzene rings is 1. The molecule has 1 aromatic rings. The Kier molecular flexibility index (Phi) is 6.31. The highest BCUT2D eigenvalue weighted by atomic mass is 79.9. The van der Waals surface area contributed by atoms with Gasteiger partial charge in [-0.25, -0.2) is 4.79 Å². The molecule has 0 aromatic heterocycles. The zero-order valence-electron chi connectivity index (χ0n) is 8.90. The minimum absolute atomic E-state index is 0.329. The summed E-state index contributed by atoms with van der Waals surface area (Å²) in [5.74, 6) is 1.29. The van der Waals surface area contributed by atoms with Crippen LogP contribution in [0, 0.1) is 0 Å². The molecule has 0 saturated carbocycles. The molecule has 0 radical (unpaired) electrons. The summed E-state index contributed by atoms with van der Waals surface area (Å²) in [5.41, 5.74) is 0.329. The molecule has 0 saturated heterocycles. The van der Waals surface area contributed by atoms with Gasteiger partial charge in [0.1, 0.15) is 0 Å². The molecule has 1 aromatic carbocycles. The Morgan fingerprint density at radius 1 is 1.44 bits per heavy atom. The molecule has 5 heteroatoms. The van der Waals surface area contributed by atoms with Gasteiger partial charge in [0.15, 0.2) is 0 Å². The second-order valence-electron chi connectivity index (χ2n) is 3.14. The van der Waals surface area contributed by atoms with Gasteiger partial charge in [0.25, 0.3) is 0 Å². The first kappa shape index (κ1) is 13.9. The minimum Gasteiger partial charge on any atom is -0.478 e. The van der Waals surface area contributed by atoms with Crippen LogP contribution < -0.4 is 0 Å². The molecule has 16 heavy (non-hydrogen) atoms. The molecule has 0 spiro atoms. The molecule has 0 aliphatic heterocycles. The Bertz CT molecular complexity index is 369. The molecule has 2 nitrogen and oxygen atoms in total. The predicted octanol–water partition coefficient (Wildman–Crippen LogP) is 3.99. The number of rotatable bonds is 6. The van der Waals surface area contributed by atoms with Crippen LogP contribution in [-0.4, -0.2) is 28.8 Å². The zero-order chi connectivity index (χ0) is 12.0. The molecule has 0 bridgehead atoms. The highest BCUT2D eigenvalue weighted by Crippen LogP contribution is 2.25. The first-order valence-electron chi connectivity index (χ1n) is 4.79. The van der Waals surface area contributed by atoms with E-state index < -0.39 is 5.97 Å². The van der Waals surface area contributed by atoms with Crippen LogP contribution in [0.1, 0.15) is 16.8 Å². The van der Waals surface area contributed by atoms with Crippen LogP contribution in [-0.2, 0) is 0 Å². The van der Waals surface area contributed by atoms with Crippen molar-refractivity contribution < 1.29 is 9.90 Å². The van der Waals surface area contributed by atoms with E-state index in [1.54, 1.807) is 23.9 Å². The largest absolute Gasteiger partial charge is 0.478 e. The summed E-state index contributed by atoms with van der Waals surface area (Å²) in [7, 11) is 0. The highest BCUT2D eigenvalue weighted by Gasteiger charge is 2.08. The predicted molar refractivity (Wildman–Crippen MR) is 74.8 cm³/mol. The van der Waals surface area contributed by atoms with Crippen molar-refractivity contribution in [2.24, 2.45) is 0 Å². The summed E-state index contributed by atoms with van der Waals surface area (Å²) < 4.78 is 0.633. The van der Waals surface area contributed by atoms with Crippen LogP contribution >= 0.6 is 39.5 Å². The molecule has 1 N–H and O–H groups in total. The Hall–Kier alpha value is -0.130. The average Bonchev–Trinajstić information content (AvgIpc) is 2.26. The van der Waals surface area contributed by atoms with Crippen LogP contribution in [0.4, 0.5) is 0 Å². The Morgan fingerprint density at radius 2 is 2.19 bits per heavy atom. The second-order valence-corrected chi connectivity index (χ2v) is 6.15. The van der Waals surface area contributed by atoms with Gasteiger partial charge in [-0.05, 0) is 58.3 Å². The Labute approximate surface area is 112 Å². The average molecular weight is 321 g/mol. The molecule has 0 amide bonds. The van der Waals surface area contributed by atoms with E-state index in [2.05, 4.69) is 22.2 Å². The first-order valence-corrected chi connectivity index (χ1v) is 7.97. The van der Waals surface area contributed by atoms with E-state index in [1.165, 1.54) is 0 Å². The van der Waals surface area contributed by atoms with E-state index in [4.69, 9.17) is 5.11 Å². The van der Waals surface area contributed by atoms with Gasteiger partial charge in [0.2, 0.25) is 0 Å². The van der Waals surface area contributed by atoms with Crippen LogP contribution in [0.5, 0.6) is 0 Å². The first-order chi connectivity index (χ1) is 7.65. The molecule has 0 unspecified atom stereocenters. The van der Waals surface area contributed by atoms with Gasteiger partial charge in [-0.2, -0.15) is 11.8 Å². The fourth-order valence-corrected chi connectivity index (χ4v) is 3.07. The van der Waals surface area contributed by atoms with E-state index in [1.807, 2.05) is 17.8 Å². The van der Waals surface area contributed by atoms with Crippen molar-refractivity contribution >= 4 is 45.4 Å². The third kappa shape index (κ3) is 4.39. The number of carboxylic acids is 1. The lowest BCUT2D eigenvalue weighted by Crippen LogP contribution is -1.97. The summed E-state index contributed by atoms with van der Waals surface area (Å²) in [5, 5.41) is 8.96. The second kappa shape index (κ2) is 7.25. The molecule has 88 valence electrons. The maximum absolute atomic E-state index is 10.9. The number of hydrogen-bond acceptors (Lipinski definition) is 3. The van der Waals surface area contributed by atoms with Gasteiger partial charge in [0, 0.05) is 9.37 Å². The van der Waals surface area contributed by atoms with Crippen LogP contribution in [0.3, 0.4) is 0 Å². The summed E-state index contributed by atoms with van der Waals surface area (Å²) in [6.07, 6.45) is 3.23. The highest BCUT2D eigenvalue weighted by molar-refractivity contribution is 9.10. The lowest BCUT2D eigenvalue weighted by atomic mass is 10.2. The lowest BCUT2D eigenvalue weighted by molar-refractivity contribution is 0.0695. The maximum atomic E-state index is 10.9. The van der Waals surface area contributed by atoms with E-state index in [0.29, 0.717) is 10.0 Å². The van der Waals surface area contributed by atoms with Crippen molar-refractivity contribution in [1.82, 2.24) is 0 Å². The summed E-state index contributed by atoms with van der Waals surface area (Å²) >= 11 is 6.77. The van der Waals surface area contributed by atoms with Crippen molar-refractivity contribution in [2.45, 2.75) is 11.3 Å². The monoisotopic (exact) mass is 320 g/mol. The number of thioether (sulfide) groups is 2. The third-order valence-corrected chi connectivity index (χ3v) is 4.40. The van der Waals surface area contributed by atoms with Gasteiger partial charge < -0.3 is 5.11 Å². The number of aromatic carboxylic acids is 1. The topological polar surface area (TPSA) is 37.3 Å². The maximum Gasteiger partial charge on any atom is 0.336 e. The molecular weight excluding hydrogens is 308 g/mol. The normalized spacial score (nSPS) is 10.4. The number of hydrogen-bond donors (Lipinski definition) is 1. The number of halogens is 1. The van der Waals surface area contributed by atoms with Crippen molar-refractivity contribution in [3.8, 4) is 0 Å². The van der Waals surface area contributed by atoms with Crippen molar-refractivity contribution in [3.05, 3.63) is 28.2 Å². The van der Waals surface area contributed by atoms with E-state index >= 15 is 0 Å². The Morgan fingerprint density at radius 3 is 2.81 bits per heavy atom. The van der Waals surface area contributed by atoms with E-state index in [-0.39, 0.29) is 0 Å². The minimum atomic E-state index is -0.890. The zero-order valence-corrected chi connectivity index (χ0v) is 12.1. The van der Waals surface area contributed by atoms with Crippen molar-refractivity contribution in [2.75, 3.05) is 17.8 Å². The molecular formula is C11H13BrO2S2. The molecule has 0 aliphatic rings. The van der Waals surface area contributed by atoms with Crippen LogP contribution in [0.2, 0.25) is 0 Å². The molecule has 0 heterocycles. The smallest absolute Gasteiger partial charge is 0.336 e. The SMILES string of the molecule is CSCCCSc1ccc(Br)c(C(=O)O)c1. The van der Waals surface area contributed by atoms with Gasteiger partial charge in [-0.1, -0.05) is 0 Å². The van der Waals surface area contributed by atoms with Gasteiger partial charge >= 0.3 is 5.97 Å². The molecule has 0 fully saturated rings. The van der Waals surface area contributed by atoms with Crippen molar-refractivity contribution in [1.29, 1.82) is 0 Å². The number of carboxylic acid groups (broad SMARTS) is 1. The van der Waals surface area contributed by atoms with E-state index in [0.717, 1.165) is 22.8 Å². The fraction of sp³-hybridized carbons (Fsp3) is 0.364. The number of carbonyl (C=O) groups is 1. The summed E-state index contributed by atoms with van der Waals surface area (Å²) in [6, 6.07) is 5.46. The quantitative estimate of drug-likeness (QED) is 0.635. The van der Waals surface area contributed by atoms with Crippen molar-refractivity contribution in [3.63, 3.8) is 0 Å². The Balaban J connectivity index is 2.61. The van der Waals surface area contributed by atoms with Gasteiger partial charge in [-0.15, -0.1) is 11.8 Å². The van der Waals surface area contributed by atoms with Gasteiger partial charge in [0.05, 0.1) is 5.56 Å². The molecule has 0 atom stereocenters. The van der Waals surface area contributed by atoms with Gasteiger partial charge in [-0.3, -0.25) is 0 Å². The van der Waals surface area contributed by atoms with E-state index in [9.17, 15) is 4.79 Å². The summed E-state index contributed by atoms with van der Waals surface area (Å²) in [6.45, 7) is 0. The van der Waals surface area contributed by atoms with Crippen LogP contribution in [0.15, 0.2) is 27.6 Å². The molecule has 0 aliphatic carbocycles. The third-order valence-electron chi connectivity index (χ3n) is 1.93. The summed E-state index contributed by atoms with van der Waals surface area (Å²) in [4.78, 5) is 11.9. The lowest BCUT2D eigenvalue weighted by Gasteiger charge is -2.04. The van der Waals surface area contributed by atoms with Crippen LogP contribution in [0.25, 0.3) is 0 Å². The molecule has 1 rings (SSSR count). The fourth-order valence-electron chi connectivity index (χ4n) is 1.15.